The molecule has 1 aromatic rings. The molecule has 1 aromatic carbocycles. The van der Waals surface area contributed by atoms with Gasteiger partial charge in [0.15, 0.2) is 5.69 Å². The van der Waals surface area contributed by atoms with Gasteiger partial charge in [0.05, 0.1) is 12.6 Å². The third kappa shape index (κ3) is 2.08. The van der Waals surface area contributed by atoms with E-state index >= 15 is 0 Å². The van der Waals surface area contributed by atoms with Crippen molar-refractivity contribution in [3.63, 3.8) is 0 Å². The third-order valence-corrected chi connectivity index (χ3v) is 1.55. The average Bonchev–Trinajstić information content (AvgIpc) is 2.18. The van der Waals surface area contributed by atoms with Crippen molar-refractivity contribution >= 4 is 11.4 Å². The van der Waals surface area contributed by atoms with Crippen LogP contribution in [0, 0.1) is 17.9 Å². The van der Waals surface area contributed by atoms with Gasteiger partial charge in [0.1, 0.15) is 0 Å². The van der Waals surface area contributed by atoms with Crippen molar-refractivity contribution in [2.45, 2.75) is 0 Å². The second-order valence-corrected chi connectivity index (χ2v) is 2.39. The summed E-state index contributed by atoms with van der Waals surface area (Å²) >= 11 is 0. The number of nitrogens with zero attached hydrogens (tertiary/aromatic N) is 2. The summed E-state index contributed by atoms with van der Waals surface area (Å²) in [6, 6.07) is 8.62. The third-order valence-electron chi connectivity index (χ3n) is 1.55. The molecular formula is C10H7N3. The van der Waals surface area contributed by atoms with E-state index in [1.165, 1.54) is 6.08 Å². The van der Waals surface area contributed by atoms with Crippen molar-refractivity contribution in [2.24, 2.45) is 5.73 Å². The van der Waals surface area contributed by atoms with Crippen LogP contribution in [0.3, 0.4) is 0 Å². The Hall–Kier alpha value is -2.26. The Kier molecular flexibility index (Phi) is 2.68. The molecule has 0 unspecified atom stereocenters. The maximum absolute atomic E-state index is 8.34. The van der Waals surface area contributed by atoms with E-state index in [0.717, 1.165) is 5.56 Å². The van der Waals surface area contributed by atoms with Gasteiger partial charge in [0.2, 0.25) is 0 Å². The molecule has 0 radical (unpaired) electrons. The highest BCUT2D eigenvalue weighted by Crippen LogP contribution is 2.15. The molecule has 62 valence electrons. The van der Waals surface area contributed by atoms with Crippen LogP contribution in [0.4, 0.5) is 5.69 Å². The lowest BCUT2D eigenvalue weighted by atomic mass is 10.1. The van der Waals surface area contributed by atoms with Crippen molar-refractivity contribution in [1.29, 1.82) is 5.26 Å². The summed E-state index contributed by atoms with van der Waals surface area (Å²) in [6.45, 7) is 6.73. The molecule has 0 saturated carbocycles. The largest absolute Gasteiger partial charge is 0.398 e. The second kappa shape index (κ2) is 3.94. The first-order chi connectivity index (χ1) is 6.27. The number of benzene rings is 1. The van der Waals surface area contributed by atoms with Crippen LogP contribution in [0.2, 0.25) is 0 Å². The zero-order chi connectivity index (χ0) is 9.68. The summed E-state index contributed by atoms with van der Waals surface area (Å²) in [5.41, 5.74) is 7.30. The van der Waals surface area contributed by atoms with Gasteiger partial charge < -0.3 is 5.73 Å². The Morgan fingerprint density at radius 3 is 2.54 bits per heavy atom. The van der Waals surface area contributed by atoms with Gasteiger partial charge in [-0.3, -0.25) is 0 Å². The number of nitriles is 1. The number of rotatable bonds is 1. The van der Waals surface area contributed by atoms with Crippen LogP contribution in [0.1, 0.15) is 5.56 Å². The second-order valence-electron chi connectivity index (χ2n) is 2.39. The number of nitrogens with two attached hydrogens (primary N) is 1. The molecule has 0 aromatic heterocycles. The smallest absolute Gasteiger partial charge is 0.187 e. The van der Waals surface area contributed by atoms with E-state index in [0.29, 0.717) is 11.4 Å². The van der Waals surface area contributed by atoms with Crippen molar-refractivity contribution in [2.75, 3.05) is 0 Å². The minimum atomic E-state index is 0.416. The van der Waals surface area contributed by atoms with Gasteiger partial charge in [-0.15, -0.1) is 0 Å². The predicted molar refractivity (Wildman–Crippen MR) is 50.5 cm³/mol. The van der Waals surface area contributed by atoms with E-state index in [4.69, 9.17) is 17.6 Å². The van der Waals surface area contributed by atoms with Crippen molar-refractivity contribution in [3.05, 3.63) is 47.3 Å². The van der Waals surface area contributed by atoms with E-state index in [1.807, 2.05) is 6.07 Å². The first-order valence-corrected chi connectivity index (χ1v) is 3.61. The van der Waals surface area contributed by atoms with Gasteiger partial charge in [0, 0.05) is 11.8 Å². The normalized spacial score (nSPS) is 10.2. The monoisotopic (exact) mass is 169 g/mol. The molecule has 0 bridgehead atoms. The van der Waals surface area contributed by atoms with Crippen molar-refractivity contribution < 1.29 is 0 Å². The summed E-state index contributed by atoms with van der Waals surface area (Å²) in [4.78, 5) is 3.24. The van der Waals surface area contributed by atoms with Crippen molar-refractivity contribution in [1.82, 2.24) is 0 Å². The molecule has 3 heteroatoms. The van der Waals surface area contributed by atoms with Gasteiger partial charge >= 0.3 is 0 Å². The molecular weight excluding hydrogens is 162 g/mol. The fourth-order valence-electron chi connectivity index (χ4n) is 0.881. The van der Waals surface area contributed by atoms with Crippen LogP contribution in [0.15, 0.2) is 30.3 Å². The molecule has 3 nitrogen and oxygen atoms in total. The van der Waals surface area contributed by atoms with E-state index in [-0.39, 0.29) is 0 Å². The van der Waals surface area contributed by atoms with Crippen LogP contribution >= 0.6 is 0 Å². The predicted octanol–water partition coefficient (Wildman–Crippen LogP) is 2.06. The molecule has 2 N–H and O–H groups in total. The molecule has 0 aliphatic heterocycles. The summed E-state index contributed by atoms with van der Waals surface area (Å²) in [5, 5.41) is 8.34. The maximum atomic E-state index is 8.34. The molecule has 1 rings (SSSR count). The van der Waals surface area contributed by atoms with Gasteiger partial charge in [-0.1, -0.05) is 24.3 Å². The Balaban J connectivity index is 3.02. The highest BCUT2D eigenvalue weighted by atomic mass is 14.6. The minimum Gasteiger partial charge on any atom is -0.398 e. The lowest BCUT2D eigenvalue weighted by molar-refractivity contribution is 1.49. The van der Waals surface area contributed by atoms with Gasteiger partial charge in [-0.2, -0.15) is 5.26 Å². The van der Waals surface area contributed by atoms with Crippen LogP contribution < -0.4 is 5.73 Å². The van der Waals surface area contributed by atoms with Crippen molar-refractivity contribution in [3.8, 4) is 6.07 Å². The van der Waals surface area contributed by atoms with Gasteiger partial charge in [-0.25, -0.2) is 4.85 Å². The molecule has 0 aliphatic carbocycles. The van der Waals surface area contributed by atoms with Crippen LogP contribution in [0.5, 0.6) is 0 Å². The quantitative estimate of drug-likeness (QED) is 0.516. The molecule has 0 amide bonds. The topological polar surface area (TPSA) is 54.2 Å². The Morgan fingerprint density at radius 1 is 1.46 bits per heavy atom. The van der Waals surface area contributed by atoms with Gasteiger partial charge in [0.25, 0.3) is 0 Å². The summed E-state index contributed by atoms with van der Waals surface area (Å²) in [6.07, 6.45) is 1.27. The number of allylic oxidation sites excluding steroid dienone is 1. The van der Waals surface area contributed by atoms with E-state index in [9.17, 15) is 0 Å². The highest BCUT2D eigenvalue weighted by Gasteiger charge is 1.95. The molecule has 0 fully saturated rings. The SMILES string of the molecule is [C-]#[N+]c1ccc(/C(N)=C/C#N)cc1. The standard InChI is InChI=1S/C10H7N3/c1-13-9-4-2-8(3-5-9)10(12)6-7-11/h2-6H,12H2/b10-6-. The number of hydrogen-bond acceptors (Lipinski definition) is 2. The lowest BCUT2D eigenvalue weighted by Gasteiger charge is -1.98. The first kappa shape index (κ1) is 8.83. The van der Waals surface area contributed by atoms with E-state index in [1.54, 1.807) is 24.3 Å². The highest BCUT2D eigenvalue weighted by molar-refractivity contribution is 5.66. The molecule has 0 heterocycles. The fraction of sp³-hybridized carbons (Fsp3) is 0. The van der Waals surface area contributed by atoms with Gasteiger partial charge in [-0.05, 0) is 5.56 Å². The summed E-state index contributed by atoms with van der Waals surface area (Å²) in [5.74, 6) is 0. The van der Waals surface area contributed by atoms with Crippen LogP contribution in [0.25, 0.3) is 10.5 Å². The molecule has 0 aliphatic rings. The van der Waals surface area contributed by atoms with E-state index in [2.05, 4.69) is 4.85 Å². The maximum Gasteiger partial charge on any atom is 0.187 e. The zero-order valence-corrected chi connectivity index (χ0v) is 6.86. The lowest BCUT2D eigenvalue weighted by Crippen LogP contribution is -1.94. The first-order valence-electron chi connectivity index (χ1n) is 3.61. The van der Waals surface area contributed by atoms with E-state index < -0.39 is 0 Å². The van der Waals surface area contributed by atoms with Crippen LogP contribution in [-0.2, 0) is 0 Å². The molecule has 13 heavy (non-hydrogen) atoms. The molecule has 0 spiro atoms. The zero-order valence-electron chi connectivity index (χ0n) is 6.86. The summed E-state index contributed by atoms with van der Waals surface area (Å²) < 4.78 is 0. The minimum absolute atomic E-state index is 0.416. The molecule has 0 saturated heterocycles. The Morgan fingerprint density at radius 2 is 2.08 bits per heavy atom. The average molecular weight is 169 g/mol. The van der Waals surface area contributed by atoms with Crippen LogP contribution in [-0.4, -0.2) is 0 Å². The fourth-order valence-corrected chi connectivity index (χ4v) is 0.881. The number of hydrogen-bond donors (Lipinski definition) is 1. The summed E-state index contributed by atoms with van der Waals surface area (Å²) in [7, 11) is 0. The molecule has 0 atom stereocenters. The Bertz CT molecular complexity index is 401. The Labute approximate surface area is 76.5 Å².